The van der Waals surface area contributed by atoms with Gasteiger partial charge in [-0.1, -0.05) is 6.08 Å². The number of nitrogens with two attached hydrogens (primary N) is 1. The van der Waals surface area contributed by atoms with Crippen LogP contribution < -0.4 is 5.73 Å². The van der Waals surface area contributed by atoms with Crippen molar-refractivity contribution < 1.29 is 14.1 Å². The summed E-state index contributed by atoms with van der Waals surface area (Å²) in [5.74, 6) is -1.54. The zero-order valence-corrected chi connectivity index (χ0v) is 6.58. The number of carboxylic acids is 1. The van der Waals surface area contributed by atoms with E-state index in [1.54, 1.807) is 0 Å². The summed E-state index contributed by atoms with van der Waals surface area (Å²) in [7, 11) is -1.15. The van der Waals surface area contributed by atoms with Crippen LogP contribution in [0.15, 0.2) is 11.5 Å². The van der Waals surface area contributed by atoms with E-state index in [0.717, 1.165) is 0 Å². The molecule has 0 amide bonds. The Bertz CT molecular complexity index is 226. The highest BCUT2D eigenvalue weighted by atomic mass is 32.2. The minimum absolute atomic E-state index is 0.132. The van der Waals surface area contributed by atoms with Crippen molar-refractivity contribution in [1.29, 1.82) is 0 Å². The lowest BCUT2D eigenvalue weighted by Gasteiger charge is -2.19. The zero-order chi connectivity index (χ0) is 8.43. The van der Waals surface area contributed by atoms with Crippen molar-refractivity contribution in [2.45, 2.75) is 6.04 Å². The first-order valence-electron chi connectivity index (χ1n) is 3.15. The molecule has 0 aliphatic carbocycles. The van der Waals surface area contributed by atoms with Crippen molar-refractivity contribution in [3.8, 4) is 0 Å². The van der Waals surface area contributed by atoms with E-state index in [-0.39, 0.29) is 5.75 Å². The van der Waals surface area contributed by atoms with Gasteiger partial charge < -0.3 is 10.8 Å². The second-order valence-electron chi connectivity index (χ2n) is 2.40. The number of carbonyl (C=O) groups is 1. The molecule has 0 spiro atoms. The molecule has 3 atom stereocenters. The van der Waals surface area contributed by atoms with Gasteiger partial charge in [0.25, 0.3) is 0 Å². The predicted octanol–water partition coefficient (Wildman–Crippen LogP) is -0.710. The van der Waals surface area contributed by atoms with Crippen molar-refractivity contribution in [2.24, 2.45) is 11.7 Å². The van der Waals surface area contributed by atoms with Crippen LogP contribution in [0.3, 0.4) is 0 Å². The molecule has 0 aromatic rings. The first-order chi connectivity index (χ1) is 5.11. The van der Waals surface area contributed by atoms with Gasteiger partial charge in [-0.25, -0.2) is 0 Å². The lowest BCUT2D eigenvalue weighted by atomic mass is 10.0. The van der Waals surface area contributed by atoms with E-state index < -0.39 is 28.7 Å². The summed E-state index contributed by atoms with van der Waals surface area (Å²) in [5.41, 5.74) is 5.44. The normalized spacial score (nSPS) is 37.0. The van der Waals surface area contributed by atoms with Crippen molar-refractivity contribution in [2.75, 3.05) is 5.75 Å². The van der Waals surface area contributed by atoms with Crippen LogP contribution in [0.2, 0.25) is 0 Å². The summed E-state index contributed by atoms with van der Waals surface area (Å²) in [6.07, 6.45) is 1.48. The Hall–Kier alpha value is -0.680. The minimum atomic E-state index is -1.15. The van der Waals surface area contributed by atoms with Crippen molar-refractivity contribution in [3.63, 3.8) is 0 Å². The van der Waals surface area contributed by atoms with Crippen LogP contribution in [0.25, 0.3) is 0 Å². The maximum absolute atomic E-state index is 10.8. The van der Waals surface area contributed by atoms with Crippen LogP contribution in [0.5, 0.6) is 0 Å². The van der Waals surface area contributed by atoms with Gasteiger partial charge in [-0.05, 0) is 0 Å². The van der Waals surface area contributed by atoms with Crippen LogP contribution in [0.1, 0.15) is 0 Å². The van der Waals surface area contributed by atoms with E-state index in [9.17, 15) is 9.00 Å². The lowest BCUT2D eigenvalue weighted by molar-refractivity contribution is -0.141. The molecule has 0 saturated heterocycles. The molecule has 1 aliphatic rings. The van der Waals surface area contributed by atoms with E-state index >= 15 is 0 Å². The number of hydrogen-bond donors (Lipinski definition) is 2. The standard InChI is InChI=1S/C6H9NO3S/c7-5-1-2-11(10)3-4(5)6(8)9/h1-2,4-5H,3,7H2,(H,8,9). The third-order valence-corrected chi connectivity index (χ3v) is 2.73. The predicted molar refractivity (Wildman–Crippen MR) is 41.3 cm³/mol. The van der Waals surface area contributed by atoms with Gasteiger partial charge in [0.2, 0.25) is 0 Å². The summed E-state index contributed by atoms with van der Waals surface area (Å²) in [6, 6.07) is -0.495. The molecule has 1 aliphatic heterocycles. The third kappa shape index (κ3) is 1.87. The Morgan fingerprint density at radius 2 is 2.36 bits per heavy atom. The quantitative estimate of drug-likeness (QED) is 0.551. The van der Waals surface area contributed by atoms with E-state index in [4.69, 9.17) is 10.8 Å². The molecule has 0 aromatic heterocycles. The molecule has 4 nitrogen and oxygen atoms in total. The molecular formula is C6H9NO3S. The highest BCUT2D eigenvalue weighted by Gasteiger charge is 2.27. The molecule has 0 fully saturated rings. The average molecular weight is 175 g/mol. The maximum atomic E-state index is 10.8. The third-order valence-electron chi connectivity index (χ3n) is 1.58. The number of hydrogen-bond acceptors (Lipinski definition) is 3. The lowest BCUT2D eigenvalue weighted by Crippen LogP contribution is -2.39. The Morgan fingerprint density at radius 3 is 2.82 bits per heavy atom. The molecular weight excluding hydrogens is 166 g/mol. The monoisotopic (exact) mass is 175 g/mol. The van der Waals surface area contributed by atoms with Crippen LogP contribution in [0, 0.1) is 5.92 Å². The summed E-state index contributed by atoms with van der Waals surface area (Å²) in [5, 5.41) is 10.0. The second kappa shape index (κ2) is 3.15. The van der Waals surface area contributed by atoms with Crippen LogP contribution in [0.4, 0.5) is 0 Å². The van der Waals surface area contributed by atoms with Crippen molar-refractivity contribution >= 4 is 16.8 Å². The zero-order valence-electron chi connectivity index (χ0n) is 5.77. The Morgan fingerprint density at radius 1 is 1.73 bits per heavy atom. The van der Waals surface area contributed by atoms with Gasteiger partial charge in [-0.3, -0.25) is 9.00 Å². The molecule has 1 heterocycles. The average Bonchev–Trinajstić information content (AvgIpc) is 1.94. The summed E-state index contributed by atoms with van der Waals surface area (Å²) >= 11 is 0. The number of carboxylic acid groups (broad SMARTS) is 1. The summed E-state index contributed by atoms with van der Waals surface area (Å²) in [4.78, 5) is 10.5. The van der Waals surface area contributed by atoms with Gasteiger partial charge >= 0.3 is 5.97 Å². The molecule has 3 unspecified atom stereocenters. The highest BCUT2D eigenvalue weighted by molar-refractivity contribution is 7.88. The first-order valence-corrected chi connectivity index (χ1v) is 4.53. The Kier molecular flexibility index (Phi) is 2.41. The van der Waals surface area contributed by atoms with Gasteiger partial charge in [-0.2, -0.15) is 0 Å². The van der Waals surface area contributed by atoms with E-state index in [0.29, 0.717) is 0 Å². The second-order valence-corrected chi connectivity index (χ2v) is 3.77. The minimum Gasteiger partial charge on any atom is -0.481 e. The fourth-order valence-electron chi connectivity index (χ4n) is 0.892. The van der Waals surface area contributed by atoms with E-state index in [1.807, 2.05) is 0 Å². The van der Waals surface area contributed by atoms with Gasteiger partial charge in [0.15, 0.2) is 0 Å². The maximum Gasteiger partial charge on any atom is 0.309 e. The van der Waals surface area contributed by atoms with Gasteiger partial charge in [0.1, 0.15) is 0 Å². The van der Waals surface area contributed by atoms with Gasteiger partial charge in [-0.15, -0.1) is 0 Å². The van der Waals surface area contributed by atoms with Crippen molar-refractivity contribution in [1.82, 2.24) is 0 Å². The fraction of sp³-hybridized carbons (Fsp3) is 0.500. The smallest absolute Gasteiger partial charge is 0.309 e. The molecule has 62 valence electrons. The first kappa shape index (κ1) is 8.42. The Balaban J connectivity index is 2.75. The van der Waals surface area contributed by atoms with Gasteiger partial charge in [0.05, 0.1) is 5.92 Å². The highest BCUT2D eigenvalue weighted by Crippen LogP contribution is 2.12. The molecule has 1 rings (SSSR count). The molecule has 0 saturated carbocycles. The SMILES string of the molecule is NC1C=CS(=O)CC1C(=O)O. The van der Waals surface area contributed by atoms with Gasteiger partial charge in [0, 0.05) is 28.0 Å². The molecule has 11 heavy (non-hydrogen) atoms. The molecule has 0 aromatic carbocycles. The van der Waals surface area contributed by atoms with Crippen molar-refractivity contribution in [3.05, 3.63) is 11.5 Å². The molecule has 5 heteroatoms. The van der Waals surface area contributed by atoms with E-state index in [2.05, 4.69) is 0 Å². The number of aliphatic carboxylic acids is 1. The number of rotatable bonds is 1. The fourth-order valence-corrected chi connectivity index (χ4v) is 2.08. The largest absolute Gasteiger partial charge is 0.481 e. The van der Waals surface area contributed by atoms with Crippen LogP contribution in [-0.4, -0.2) is 27.1 Å². The topological polar surface area (TPSA) is 80.4 Å². The van der Waals surface area contributed by atoms with Crippen LogP contribution >= 0.6 is 0 Å². The van der Waals surface area contributed by atoms with Crippen LogP contribution in [-0.2, 0) is 15.6 Å². The Labute approximate surface area is 66.5 Å². The molecule has 0 radical (unpaired) electrons. The van der Waals surface area contributed by atoms with E-state index in [1.165, 1.54) is 11.5 Å². The molecule has 3 N–H and O–H groups in total. The molecule has 0 bridgehead atoms. The summed E-state index contributed by atoms with van der Waals surface area (Å²) in [6.45, 7) is 0. The summed E-state index contributed by atoms with van der Waals surface area (Å²) < 4.78 is 10.8.